The van der Waals surface area contributed by atoms with Crippen molar-refractivity contribution < 1.29 is 4.79 Å². The Labute approximate surface area is 90.2 Å². The standard InChI is InChI=1S/C11H17N3O/c1-7(2)12-11(15)6-10-13-8(3)5-9(4)14-10/h5-7,13H,1-4H3,(H,12,15)/b10-6-. The predicted octanol–water partition coefficient (Wildman–Crippen LogP) is 1.32. The molecule has 0 bridgehead atoms. The van der Waals surface area contributed by atoms with Gasteiger partial charge in [0.2, 0.25) is 5.91 Å². The van der Waals surface area contributed by atoms with Gasteiger partial charge in [-0.05, 0) is 33.8 Å². The topological polar surface area (TPSA) is 53.5 Å². The summed E-state index contributed by atoms with van der Waals surface area (Å²) in [7, 11) is 0. The van der Waals surface area contributed by atoms with Gasteiger partial charge in [-0.15, -0.1) is 0 Å². The van der Waals surface area contributed by atoms with Gasteiger partial charge in [-0.25, -0.2) is 4.99 Å². The predicted molar refractivity (Wildman–Crippen MR) is 61.4 cm³/mol. The molecule has 1 aliphatic heterocycles. The Hall–Kier alpha value is -1.58. The zero-order valence-electron chi connectivity index (χ0n) is 9.59. The van der Waals surface area contributed by atoms with E-state index in [2.05, 4.69) is 15.6 Å². The van der Waals surface area contributed by atoms with Crippen LogP contribution in [0.5, 0.6) is 0 Å². The van der Waals surface area contributed by atoms with Crippen molar-refractivity contribution in [3.05, 3.63) is 23.7 Å². The molecule has 1 rings (SSSR count). The second-order valence-electron chi connectivity index (χ2n) is 3.90. The molecule has 0 aromatic heterocycles. The van der Waals surface area contributed by atoms with Gasteiger partial charge in [0.05, 0.1) is 0 Å². The molecule has 1 aliphatic rings. The van der Waals surface area contributed by atoms with Gasteiger partial charge in [0.15, 0.2) is 0 Å². The highest BCUT2D eigenvalue weighted by molar-refractivity contribution is 5.96. The number of rotatable bonds is 2. The summed E-state index contributed by atoms with van der Waals surface area (Å²) in [5.74, 6) is 0.462. The number of nitrogens with zero attached hydrogens (tertiary/aromatic N) is 1. The molecular formula is C11H17N3O. The molecule has 0 unspecified atom stereocenters. The van der Waals surface area contributed by atoms with Crippen molar-refractivity contribution in [1.29, 1.82) is 0 Å². The maximum Gasteiger partial charge on any atom is 0.247 e. The average molecular weight is 207 g/mol. The van der Waals surface area contributed by atoms with Gasteiger partial charge in [-0.2, -0.15) is 0 Å². The first-order chi connectivity index (χ1) is 6.97. The summed E-state index contributed by atoms with van der Waals surface area (Å²) in [5, 5.41) is 5.80. The molecule has 4 nitrogen and oxygen atoms in total. The molecule has 0 aromatic rings. The number of aliphatic imine (C=N–C) groups is 1. The first-order valence-corrected chi connectivity index (χ1v) is 5.00. The molecule has 0 aliphatic carbocycles. The van der Waals surface area contributed by atoms with Crippen molar-refractivity contribution in [3.63, 3.8) is 0 Å². The Bertz CT molecular complexity index is 351. The minimum Gasteiger partial charge on any atom is -0.350 e. The molecule has 0 fully saturated rings. The molecule has 0 radical (unpaired) electrons. The van der Waals surface area contributed by atoms with E-state index in [1.165, 1.54) is 6.08 Å². The van der Waals surface area contributed by atoms with E-state index in [-0.39, 0.29) is 11.9 Å². The van der Waals surface area contributed by atoms with Gasteiger partial charge in [0.25, 0.3) is 0 Å². The van der Waals surface area contributed by atoms with Crippen LogP contribution in [0.15, 0.2) is 28.7 Å². The van der Waals surface area contributed by atoms with Gasteiger partial charge < -0.3 is 10.6 Å². The third kappa shape index (κ3) is 3.97. The van der Waals surface area contributed by atoms with Gasteiger partial charge in [-0.1, -0.05) is 0 Å². The lowest BCUT2D eigenvalue weighted by atomic mass is 10.3. The Morgan fingerprint density at radius 2 is 2.20 bits per heavy atom. The second kappa shape index (κ2) is 4.77. The Morgan fingerprint density at radius 1 is 1.53 bits per heavy atom. The summed E-state index contributed by atoms with van der Waals surface area (Å²) >= 11 is 0. The van der Waals surface area contributed by atoms with E-state index in [0.717, 1.165) is 11.4 Å². The highest BCUT2D eigenvalue weighted by atomic mass is 16.1. The molecule has 2 N–H and O–H groups in total. The molecule has 82 valence electrons. The fourth-order valence-electron chi connectivity index (χ4n) is 1.32. The van der Waals surface area contributed by atoms with Crippen molar-refractivity contribution in [3.8, 4) is 0 Å². The van der Waals surface area contributed by atoms with Gasteiger partial charge in [0, 0.05) is 23.5 Å². The van der Waals surface area contributed by atoms with Crippen LogP contribution in [0.4, 0.5) is 0 Å². The molecule has 0 atom stereocenters. The van der Waals surface area contributed by atoms with Crippen LogP contribution in [0.25, 0.3) is 0 Å². The second-order valence-corrected chi connectivity index (χ2v) is 3.90. The molecule has 15 heavy (non-hydrogen) atoms. The number of amides is 1. The van der Waals surface area contributed by atoms with E-state index >= 15 is 0 Å². The fraction of sp³-hybridized carbons (Fsp3) is 0.455. The number of carbonyl (C=O) groups is 1. The maximum atomic E-state index is 11.4. The van der Waals surface area contributed by atoms with Crippen LogP contribution in [0.3, 0.4) is 0 Å². The number of hydrogen-bond acceptors (Lipinski definition) is 3. The summed E-state index contributed by atoms with van der Waals surface area (Å²) in [5.41, 5.74) is 1.89. The molecule has 4 heteroatoms. The van der Waals surface area contributed by atoms with Crippen LogP contribution in [0.1, 0.15) is 27.7 Å². The monoisotopic (exact) mass is 207 g/mol. The zero-order valence-corrected chi connectivity index (χ0v) is 9.59. The Morgan fingerprint density at radius 3 is 2.73 bits per heavy atom. The third-order valence-corrected chi connectivity index (χ3v) is 1.75. The third-order valence-electron chi connectivity index (χ3n) is 1.75. The summed E-state index contributed by atoms with van der Waals surface area (Å²) in [6.07, 6.45) is 3.40. The maximum absolute atomic E-state index is 11.4. The van der Waals surface area contributed by atoms with Crippen LogP contribution < -0.4 is 10.6 Å². The summed E-state index contributed by atoms with van der Waals surface area (Å²) in [6.45, 7) is 7.68. The van der Waals surface area contributed by atoms with E-state index in [9.17, 15) is 4.79 Å². The molecular weight excluding hydrogens is 190 g/mol. The molecule has 0 saturated heterocycles. The number of nitrogens with one attached hydrogen (secondary N) is 2. The van der Waals surface area contributed by atoms with E-state index < -0.39 is 0 Å². The van der Waals surface area contributed by atoms with Crippen molar-refractivity contribution in [2.45, 2.75) is 33.7 Å². The zero-order chi connectivity index (χ0) is 11.4. The average Bonchev–Trinajstić information content (AvgIpc) is 1.98. The molecule has 1 heterocycles. The highest BCUT2D eigenvalue weighted by Crippen LogP contribution is 2.05. The van der Waals surface area contributed by atoms with E-state index in [0.29, 0.717) is 5.82 Å². The lowest BCUT2D eigenvalue weighted by Gasteiger charge is -2.13. The van der Waals surface area contributed by atoms with Crippen LogP contribution in [0.2, 0.25) is 0 Å². The van der Waals surface area contributed by atoms with Gasteiger partial charge in [0.1, 0.15) is 5.82 Å². The summed E-state index contributed by atoms with van der Waals surface area (Å²) in [4.78, 5) is 15.6. The van der Waals surface area contributed by atoms with E-state index in [1.807, 2.05) is 33.8 Å². The van der Waals surface area contributed by atoms with Gasteiger partial charge in [-0.3, -0.25) is 4.79 Å². The number of hydrogen-bond donors (Lipinski definition) is 2. The van der Waals surface area contributed by atoms with Crippen molar-refractivity contribution in [1.82, 2.24) is 10.6 Å². The van der Waals surface area contributed by atoms with E-state index in [1.54, 1.807) is 0 Å². The smallest absolute Gasteiger partial charge is 0.247 e. The normalized spacial score (nSPS) is 18.3. The van der Waals surface area contributed by atoms with Crippen LogP contribution in [0, 0.1) is 0 Å². The quantitative estimate of drug-likeness (QED) is 0.671. The summed E-state index contributed by atoms with van der Waals surface area (Å²) in [6, 6.07) is 0.139. The lowest BCUT2D eigenvalue weighted by molar-refractivity contribution is -0.117. The van der Waals surface area contributed by atoms with Crippen molar-refractivity contribution >= 4 is 11.6 Å². The number of carbonyl (C=O) groups excluding carboxylic acids is 1. The Balaban J connectivity index is 2.70. The lowest BCUT2D eigenvalue weighted by Crippen LogP contribution is -2.29. The minimum absolute atomic E-state index is 0.126. The van der Waals surface area contributed by atoms with Crippen molar-refractivity contribution in [2.75, 3.05) is 0 Å². The van der Waals surface area contributed by atoms with Gasteiger partial charge >= 0.3 is 0 Å². The molecule has 0 saturated carbocycles. The minimum atomic E-state index is -0.126. The van der Waals surface area contributed by atoms with Crippen LogP contribution in [-0.4, -0.2) is 17.7 Å². The molecule has 0 aromatic carbocycles. The summed E-state index contributed by atoms with van der Waals surface area (Å²) < 4.78 is 0. The fourth-order valence-corrected chi connectivity index (χ4v) is 1.32. The van der Waals surface area contributed by atoms with Crippen LogP contribution >= 0.6 is 0 Å². The van der Waals surface area contributed by atoms with E-state index in [4.69, 9.17) is 0 Å². The highest BCUT2D eigenvalue weighted by Gasteiger charge is 2.06. The van der Waals surface area contributed by atoms with Crippen molar-refractivity contribution in [2.24, 2.45) is 4.99 Å². The number of allylic oxidation sites excluding steroid dienone is 2. The molecule has 0 spiro atoms. The first kappa shape index (κ1) is 11.5. The Kier molecular flexibility index (Phi) is 3.66. The largest absolute Gasteiger partial charge is 0.350 e. The molecule has 1 amide bonds. The SMILES string of the molecule is CC1=CC(C)=N/C(=C\C(=O)NC(C)C)N1. The first-order valence-electron chi connectivity index (χ1n) is 5.00. The van der Waals surface area contributed by atoms with Crippen LogP contribution in [-0.2, 0) is 4.79 Å².